The van der Waals surface area contributed by atoms with E-state index in [2.05, 4.69) is 15.5 Å². The largest absolute Gasteiger partial charge is 0.361 e. The summed E-state index contributed by atoms with van der Waals surface area (Å²) < 4.78 is 0. The Morgan fingerprint density at radius 2 is 1.89 bits per heavy atom. The van der Waals surface area contributed by atoms with Crippen LogP contribution in [0.1, 0.15) is 13.8 Å². The average molecular weight is 247 g/mol. The van der Waals surface area contributed by atoms with Gasteiger partial charge in [0.15, 0.2) is 5.78 Å². The molecule has 1 fully saturated rings. The predicted molar refractivity (Wildman–Crippen MR) is 73.6 cm³/mol. The Morgan fingerprint density at radius 3 is 2.44 bits per heavy atom. The normalized spacial score (nSPS) is 20.1. The van der Waals surface area contributed by atoms with Crippen LogP contribution in [0.2, 0.25) is 0 Å². The molecule has 0 aromatic heterocycles. The monoisotopic (exact) mass is 247 g/mol. The van der Waals surface area contributed by atoms with Gasteiger partial charge in [-0.1, -0.05) is 18.2 Å². The molecule has 18 heavy (non-hydrogen) atoms. The molecular formula is C14H21N3O. The number of Topliss-reactive ketones (excluding diaryl/α,β-unsaturated/α-hetero) is 1. The van der Waals surface area contributed by atoms with Crippen LogP contribution in [0.25, 0.3) is 0 Å². The lowest BCUT2D eigenvalue weighted by Crippen LogP contribution is -2.62. The topological polar surface area (TPSA) is 44.4 Å². The lowest BCUT2D eigenvalue weighted by Gasteiger charge is -2.42. The first-order valence-electron chi connectivity index (χ1n) is 6.43. The Hall–Kier alpha value is -1.39. The number of hydrogen-bond acceptors (Lipinski definition) is 4. The van der Waals surface area contributed by atoms with Gasteiger partial charge >= 0.3 is 0 Å². The molecule has 2 N–H and O–H groups in total. The van der Waals surface area contributed by atoms with Crippen LogP contribution in [-0.4, -0.2) is 42.5 Å². The van der Waals surface area contributed by atoms with Crippen molar-refractivity contribution in [3.63, 3.8) is 0 Å². The van der Waals surface area contributed by atoms with Gasteiger partial charge in [-0.25, -0.2) is 0 Å². The molecule has 0 amide bonds. The number of nitrogens with zero attached hydrogens (tertiary/aromatic N) is 1. The van der Waals surface area contributed by atoms with E-state index in [0.29, 0.717) is 0 Å². The minimum atomic E-state index is -0.622. The highest BCUT2D eigenvalue weighted by atomic mass is 16.1. The Labute approximate surface area is 108 Å². The maximum absolute atomic E-state index is 12.0. The SMILES string of the molecule is CC(=O)C(C)(Nc1ccccc1)N1CCNCC1. The first-order chi connectivity index (χ1) is 8.63. The molecule has 4 nitrogen and oxygen atoms in total. The zero-order valence-electron chi connectivity index (χ0n) is 11.1. The van der Waals surface area contributed by atoms with Gasteiger partial charge in [-0.3, -0.25) is 9.69 Å². The van der Waals surface area contributed by atoms with Crippen molar-refractivity contribution in [3.8, 4) is 0 Å². The van der Waals surface area contributed by atoms with Crippen LogP contribution in [-0.2, 0) is 4.79 Å². The fourth-order valence-corrected chi connectivity index (χ4v) is 2.30. The molecule has 2 rings (SSSR count). The molecule has 4 heteroatoms. The van der Waals surface area contributed by atoms with Crippen LogP contribution in [0, 0.1) is 0 Å². The van der Waals surface area contributed by atoms with E-state index < -0.39 is 5.66 Å². The van der Waals surface area contributed by atoms with Crippen molar-refractivity contribution >= 4 is 11.5 Å². The number of piperazine rings is 1. The standard InChI is InChI=1S/C14H21N3O/c1-12(18)14(2,17-10-8-15-9-11-17)16-13-6-4-3-5-7-13/h3-7,15-16H,8-11H2,1-2H3. The van der Waals surface area contributed by atoms with Gasteiger partial charge in [-0.05, 0) is 26.0 Å². The number of hydrogen-bond donors (Lipinski definition) is 2. The third-order valence-corrected chi connectivity index (χ3v) is 3.60. The molecule has 1 unspecified atom stereocenters. The highest BCUT2D eigenvalue weighted by Crippen LogP contribution is 2.20. The van der Waals surface area contributed by atoms with E-state index in [0.717, 1.165) is 31.9 Å². The van der Waals surface area contributed by atoms with E-state index >= 15 is 0 Å². The third-order valence-electron chi connectivity index (χ3n) is 3.60. The minimum Gasteiger partial charge on any atom is -0.361 e. The van der Waals surface area contributed by atoms with E-state index in [1.165, 1.54) is 0 Å². The summed E-state index contributed by atoms with van der Waals surface area (Å²) in [6.07, 6.45) is 0. The van der Waals surface area contributed by atoms with Crippen LogP contribution in [0.15, 0.2) is 30.3 Å². The molecule has 0 aliphatic carbocycles. The maximum atomic E-state index is 12.0. The van der Waals surface area contributed by atoms with Crippen LogP contribution >= 0.6 is 0 Å². The second-order valence-electron chi connectivity index (χ2n) is 4.86. The quantitative estimate of drug-likeness (QED) is 0.842. The molecule has 1 aromatic carbocycles. The fraction of sp³-hybridized carbons (Fsp3) is 0.500. The number of ketones is 1. The van der Waals surface area contributed by atoms with Gasteiger partial charge in [-0.15, -0.1) is 0 Å². The summed E-state index contributed by atoms with van der Waals surface area (Å²) in [7, 11) is 0. The number of carbonyl (C=O) groups excluding carboxylic acids is 1. The molecule has 0 saturated carbocycles. The van der Waals surface area contributed by atoms with E-state index in [1.807, 2.05) is 37.3 Å². The van der Waals surface area contributed by atoms with Crippen LogP contribution in [0.3, 0.4) is 0 Å². The Bertz CT molecular complexity index is 401. The summed E-state index contributed by atoms with van der Waals surface area (Å²) in [5, 5.41) is 6.68. The molecule has 1 atom stereocenters. The highest BCUT2D eigenvalue weighted by molar-refractivity contribution is 5.88. The number of carbonyl (C=O) groups is 1. The second kappa shape index (κ2) is 5.50. The Morgan fingerprint density at radius 1 is 1.28 bits per heavy atom. The fourth-order valence-electron chi connectivity index (χ4n) is 2.30. The smallest absolute Gasteiger partial charge is 0.169 e. The first kappa shape index (κ1) is 13.1. The van der Waals surface area contributed by atoms with Crippen molar-refractivity contribution in [2.75, 3.05) is 31.5 Å². The zero-order valence-corrected chi connectivity index (χ0v) is 11.1. The minimum absolute atomic E-state index is 0.147. The van der Waals surface area contributed by atoms with Gasteiger partial charge in [0.25, 0.3) is 0 Å². The molecule has 1 saturated heterocycles. The molecule has 1 aromatic rings. The van der Waals surface area contributed by atoms with Gasteiger partial charge in [0.1, 0.15) is 5.66 Å². The van der Waals surface area contributed by atoms with Crippen LogP contribution < -0.4 is 10.6 Å². The number of nitrogens with one attached hydrogen (secondary N) is 2. The number of benzene rings is 1. The summed E-state index contributed by atoms with van der Waals surface area (Å²) in [5.41, 5.74) is 0.359. The Kier molecular flexibility index (Phi) is 3.99. The number of para-hydroxylation sites is 1. The van der Waals surface area contributed by atoms with Crippen molar-refractivity contribution in [2.24, 2.45) is 0 Å². The average Bonchev–Trinajstić information content (AvgIpc) is 2.40. The molecule has 98 valence electrons. The van der Waals surface area contributed by atoms with Crippen LogP contribution in [0.4, 0.5) is 5.69 Å². The first-order valence-corrected chi connectivity index (χ1v) is 6.43. The lowest BCUT2D eigenvalue weighted by atomic mass is 10.0. The van der Waals surface area contributed by atoms with E-state index in [4.69, 9.17) is 0 Å². The summed E-state index contributed by atoms with van der Waals surface area (Å²) in [4.78, 5) is 14.3. The van der Waals surface area contributed by atoms with Crippen molar-refractivity contribution < 1.29 is 4.79 Å². The highest BCUT2D eigenvalue weighted by Gasteiger charge is 2.37. The maximum Gasteiger partial charge on any atom is 0.169 e. The summed E-state index contributed by atoms with van der Waals surface area (Å²) >= 11 is 0. The molecule has 0 bridgehead atoms. The van der Waals surface area contributed by atoms with Crippen molar-refractivity contribution in [1.82, 2.24) is 10.2 Å². The molecule has 1 heterocycles. The summed E-state index contributed by atoms with van der Waals surface area (Å²) in [6.45, 7) is 7.25. The second-order valence-corrected chi connectivity index (χ2v) is 4.86. The van der Waals surface area contributed by atoms with Gasteiger partial charge in [-0.2, -0.15) is 0 Å². The van der Waals surface area contributed by atoms with E-state index in [-0.39, 0.29) is 5.78 Å². The number of rotatable bonds is 4. The summed E-state index contributed by atoms with van der Waals surface area (Å²) in [6, 6.07) is 9.90. The van der Waals surface area contributed by atoms with E-state index in [1.54, 1.807) is 6.92 Å². The van der Waals surface area contributed by atoms with Gasteiger partial charge in [0, 0.05) is 31.9 Å². The third kappa shape index (κ3) is 2.71. The van der Waals surface area contributed by atoms with E-state index in [9.17, 15) is 4.79 Å². The molecule has 1 aliphatic heterocycles. The molecule has 0 radical (unpaired) electrons. The van der Waals surface area contributed by atoms with Gasteiger partial charge < -0.3 is 10.6 Å². The molecule has 1 aliphatic rings. The van der Waals surface area contributed by atoms with Gasteiger partial charge in [0.05, 0.1) is 0 Å². The Balaban J connectivity index is 2.18. The van der Waals surface area contributed by atoms with Crippen molar-refractivity contribution in [1.29, 1.82) is 0 Å². The zero-order chi connectivity index (χ0) is 13.0. The summed E-state index contributed by atoms with van der Waals surface area (Å²) in [5.74, 6) is 0.147. The molecule has 0 spiro atoms. The van der Waals surface area contributed by atoms with Crippen molar-refractivity contribution in [3.05, 3.63) is 30.3 Å². The van der Waals surface area contributed by atoms with Crippen LogP contribution in [0.5, 0.6) is 0 Å². The van der Waals surface area contributed by atoms with Gasteiger partial charge in [0.2, 0.25) is 0 Å². The molecular weight excluding hydrogens is 226 g/mol. The van der Waals surface area contributed by atoms with Crippen molar-refractivity contribution in [2.45, 2.75) is 19.5 Å². The lowest BCUT2D eigenvalue weighted by molar-refractivity contribution is -0.126. The predicted octanol–water partition coefficient (Wildman–Crippen LogP) is 1.31. The number of anilines is 1.